The van der Waals surface area contributed by atoms with Crippen molar-refractivity contribution < 1.29 is 43.2 Å². The number of amides is 1. The fourth-order valence-electron chi connectivity index (χ4n) is 8.17. The number of esters is 1. The molecule has 3 unspecified atom stereocenters. The lowest BCUT2D eigenvalue weighted by Gasteiger charge is -2.46. The largest absolute Gasteiger partial charge is 0.458 e. The summed E-state index contributed by atoms with van der Waals surface area (Å²) < 4.78 is 31.1. The van der Waals surface area contributed by atoms with Gasteiger partial charge in [-0.2, -0.15) is 0 Å². The summed E-state index contributed by atoms with van der Waals surface area (Å²) in [5.74, 6) is -3.17. The number of carbonyl (C=O) groups excluding carboxylic acids is 3. The van der Waals surface area contributed by atoms with Crippen molar-refractivity contribution in [3.63, 3.8) is 0 Å². The lowest BCUT2D eigenvalue weighted by molar-refractivity contribution is -0.295. The summed E-state index contributed by atoms with van der Waals surface area (Å²) >= 11 is 0. The number of ketones is 1. The van der Waals surface area contributed by atoms with Gasteiger partial charge in [0.25, 0.3) is 0 Å². The predicted octanol–water partition coefficient (Wildman–Crippen LogP) is 4.05. The Morgan fingerprint density at radius 2 is 1.82 bits per heavy atom. The molecule has 0 bridgehead atoms. The number of hydrogen-bond donors (Lipinski definition) is 2. The second-order valence-corrected chi connectivity index (χ2v) is 15.3. The Labute approximate surface area is 297 Å². The van der Waals surface area contributed by atoms with Crippen molar-refractivity contribution >= 4 is 17.8 Å². The number of hydrogen-bond acceptors (Lipinski definition) is 12. The van der Waals surface area contributed by atoms with Crippen molar-refractivity contribution in [1.82, 2.24) is 15.1 Å². The fraction of sp³-hybridized carbons (Fsp3) is 0.914. The van der Waals surface area contributed by atoms with Gasteiger partial charge in [-0.1, -0.05) is 25.9 Å². The molecule has 50 heavy (non-hydrogen) atoms. The maximum atomic E-state index is 14.2. The minimum Gasteiger partial charge on any atom is -0.458 e. The molecule has 15 nitrogen and oxygen atoms in total. The van der Waals surface area contributed by atoms with Gasteiger partial charge in [-0.25, -0.2) is 4.79 Å². The van der Waals surface area contributed by atoms with E-state index in [-0.39, 0.29) is 24.1 Å². The predicted molar refractivity (Wildman–Crippen MR) is 186 cm³/mol. The topological polar surface area (TPSA) is 185 Å². The molecular formula is C35H62N6O9. The zero-order chi connectivity index (χ0) is 37.6. The molecule has 0 aromatic heterocycles. The molecule has 3 saturated heterocycles. The summed E-state index contributed by atoms with van der Waals surface area (Å²) in [6.07, 6.45) is -1.89. The molecule has 3 heterocycles. The molecule has 0 aromatic rings. The van der Waals surface area contributed by atoms with E-state index < -0.39 is 71.5 Å². The molecule has 0 aliphatic carbocycles. The minimum atomic E-state index is -1.22. The van der Waals surface area contributed by atoms with Crippen LogP contribution in [0.3, 0.4) is 0 Å². The van der Waals surface area contributed by atoms with Crippen LogP contribution >= 0.6 is 0 Å². The van der Waals surface area contributed by atoms with E-state index >= 15 is 0 Å². The number of aliphatic hydroxyl groups excluding tert-OH is 1. The lowest BCUT2D eigenvalue weighted by atomic mass is 9.78. The van der Waals surface area contributed by atoms with Crippen LogP contribution in [-0.2, 0) is 33.3 Å². The van der Waals surface area contributed by atoms with Crippen molar-refractivity contribution in [3.8, 4) is 0 Å². The first-order valence-electron chi connectivity index (χ1n) is 18.1. The highest BCUT2D eigenvalue weighted by Crippen LogP contribution is 2.40. The number of methoxy groups -OCH3 is 1. The molecule has 3 aliphatic heterocycles. The SMILES string of the molecule is CC[C@H]1OC(=O)[C@H](C)C(=O)[C@@H](C)[C@@H](O[C@@H]2OC(C)CC(N(C)C)C2O)[C@](C)(OC)C[C@@H](C)CN[C@H](C)[C@H]2N(CCCCN=[N+]=[N-])C(=O)O[C@]12C. The van der Waals surface area contributed by atoms with Gasteiger partial charge in [0.05, 0.1) is 23.9 Å². The third-order valence-electron chi connectivity index (χ3n) is 11.0. The molecular weight excluding hydrogens is 648 g/mol. The van der Waals surface area contributed by atoms with Gasteiger partial charge in [-0.3, -0.25) is 14.5 Å². The van der Waals surface area contributed by atoms with Crippen LogP contribution in [0.25, 0.3) is 10.4 Å². The minimum absolute atomic E-state index is 0.00887. The van der Waals surface area contributed by atoms with Crippen LogP contribution in [0.1, 0.15) is 87.5 Å². The van der Waals surface area contributed by atoms with Gasteiger partial charge in [-0.15, -0.1) is 0 Å². The van der Waals surface area contributed by atoms with Crippen molar-refractivity contribution in [2.24, 2.45) is 22.9 Å². The van der Waals surface area contributed by atoms with Gasteiger partial charge in [0.2, 0.25) is 0 Å². The Hall–Kier alpha value is -2.52. The van der Waals surface area contributed by atoms with Crippen LogP contribution in [0.2, 0.25) is 0 Å². The number of nitrogens with zero attached hydrogens (tertiary/aromatic N) is 5. The molecule has 0 spiro atoms. The number of carbonyl (C=O) groups is 3. The maximum absolute atomic E-state index is 14.2. The standard InChI is InChI=1S/C35H62N6O9/c1-12-26-35(8)29(41(33(45)50-35)16-14-13-15-38-39-36)24(6)37-19-20(2)18-34(7,46-11)30(22(4)27(42)23(5)31(44)48-26)49-32-28(43)25(40(9)10)17-21(3)47-32/h20-26,28-30,32,37,43H,12-19H2,1-11H3/t20-,21?,22-,23-,24-,25?,26-,28?,29-,30-,32+,34-,35-/m1/s1. The number of fused-ring (bicyclic) bond motifs is 1. The average Bonchev–Trinajstić information content (AvgIpc) is 3.33. The summed E-state index contributed by atoms with van der Waals surface area (Å²) in [7, 11) is 5.36. The van der Waals surface area contributed by atoms with E-state index in [1.807, 2.05) is 46.7 Å². The zero-order valence-electron chi connectivity index (χ0n) is 32.0. The molecule has 3 aliphatic rings. The third-order valence-corrected chi connectivity index (χ3v) is 11.0. The Morgan fingerprint density at radius 3 is 2.42 bits per heavy atom. The summed E-state index contributed by atoms with van der Waals surface area (Å²) in [4.78, 5) is 47.9. The van der Waals surface area contributed by atoms with Crippen LogP contribution in [0.5, 0.6) is 0 Å². The zero-order valence-corrected chi connectivity index (χ0v) is 32.0. The van der Waals surface area contributed by atoms with Gasteiger partial charge < -0.3 is 39.0 Å². The van der Waals surface area contributed by atoms with E-state index in [1.165, 1.54) is 6.92 Å². The van der Waals surface area contributed by atoms with E-state index in [9.17, 15) is 19.5 Å². The first kappa shape index (κ1) is 41.9. The molecule has 13 atom stereocenters. The van der Waals surface area contributed by atoms with Gasteiger partial charge >= 0.3 is 12.1 Å². The highest BCUT2D eigenvalue weighted by atomic mass is 16.7. The highest BCUT2D eigenvalue weighted by molar-refractivity contribution is 6.00. The maximum Gasteiger partial charge on any atom is 0.410 e. The van der Waals surface area contributed by atoms with E-state index in [1.54, 1.807) is 25.9 Å². The van der Waals surface area contributed by atoms with Crippen molar-refractivity contribution in [3.05, 3.63) is 10.4 Å². The fourth-order valence-corrected chi connectivity index (χ4v) is 8.17. The molecule has 3 rings (SSSR count). The molecule has 3 fully saturated rings. The normalized spacial score (nSPS) is 40.7. The number of nitrogens with one attached hydrogen (secondary N) is 1. The van der Waals surface area contributed by atoms with E-state index in [2.05, 4.69) is 22.3 Å². The monoisotopic (exact) mass is 710 g/mol. The molecule has 0 radical (unpaired) electrons. The molecule has 15 heteroatoms. The summed E-state index contributed by atoms with van der Waals surface area (Å²) in [6, 6.07) is -1.04. The Bertz CT molecular complexity index is 1220. The van der Waals surface area contributed by atoms with Gasteiger partial charge in [0.15, 0.2) is 17.7 Å². The van der Waals surface area contributed by atoms with Gasteiger partial charge in [0.1, 0.15) is 18.1 Å². The van der Waals surface area contributed by atoms with Crippen LogP contribution in [-0.4, -0.2) is 134 Å². The average molecular weight is 711 g/mol. The van der Waals surface area contributed by atoms with Crippen molar-refractivity contribution in [2.75, 3.05) is 40.8 Å². The van der Waals surface area contributed by atoms with Gasteiger partial charge in [0, 0.05) is 43.1 Å². The second-order valence-electron chi connectivity index (χ2n) is 15.3. The third kappa shape index (κ3) is 9.28. The quantitative estimate of drug-likeness (QED) is 0.0832. The number of likely N-dealkylation sites (N-methyl/N-ethyl adjacent to an activating group) is 1. The molecule has 0 aromatic carbocycles. The van der Waals surface area contributed by atoms with Crippen molar-refractivity contribution in [2.45, 2.75) is 148 Å². The number of unbranched alkanes of at least 4 members (excludes halogenated alkanes) is 1. The Morgan fingerprint density at radius 1 is 1.14 bits per heavy atom. The number of azide groups is 1. The summed E-state index contributed by atoms with van der Waals surface area (Å²) in [5.41, 5.74) is 6.39. The molecule has 286 valence electrons. The first-order chi connectivity index (χ1) is 23.4. The molecule has 1 amide bonds. The number of cyclic esters (lactones) is 1. The first-order valence-corrected chi connectivity index (χ1v) is 18.1. The van der Waals surface area contributed by atoms with Crippen LogP contribution < -0.4 is 5.32 Å². The van der Waals surface area contributed by atoms with E-state index in [0.29, 0.717) is 51.7 Å². The lowest BCUT2D eigenvalue weighted by Crippen LogP contribution is -2.61. The molecule has 2 N–H and O–H groups in total. The van der Waals surface area contributed by atoms with Crippen molar-refractivity contribution in [1.29, 1.82) is 0 Å². The number of ether oxygens (including phenoxy) is 5. The summed E-state index contributed by atoms with van der Waals surface area (Å²) in [5, 5.41) is 18.6. The number of rotatable bonds is 10. The molecule has 0 saturated carbocycles. The van der Waals surface area contributed by atoms with Gasteiger partial charge in [-0.05, 0) is 98.8 Å². The van der Waals surface area contributed by atoms with Crippen LogP contribution in [0.4, 0.5) is 4.79 Å². The smallest absolute Gasteiger partial charge is 0.410 e. The highest BCUT2D eigenvalue weighted by Gasteiger charge is 2.58. The second kappa shape index (κ2) is 17.8. The van der Waals surface area contributed by atoms with E-state index in [4.69, 9.17) is 29.2 Å². The van der Waals surface area contributed by atoms with Crippen LogP contribution in [0, 0.1) is 17.8 Å². The number of Topliss-reactive ketones (excluding diaryl/α,β-unsaturated/α-hetero) is 1. The van der Waals surface area contributed by atoms with Crippen LogP contribution in [0.15, 0.2) is 5.11 Å². The Balaban J connectivity index is 2.02. The Kier molecular flexibility index (Phi) is 14.9. The summed E-state index contributed by atoms with van der Waals surface area (Å²) in [6.45, 7) is 15.9. The van der Waals surface area contributed by atoms with E-state index in [0.717, 1.165) is 0 Å². The number of aliphatic hydroxyl groups is 1.